The first-order valence-electron chi connectivity index (χ1n) is 12.9. The van der Waals surface area contributed by atoms with Gasteiger partial charge in [-0.05, 0) is 55.2 Å². The van der Waals surface area contributed by atoms with Gasteiger partial charge in [0.1, 0.15) is 12.6 Å². The van der Waals surface area contributed by atoms with Crippen molar-refractivity contribution in [1.29, 1.82) is 0 Å². The molecule has 0 heterocycles. The third kappa shape index (κ3) is 8.50. The van der Waals surface area contributed by atoms with Crippen LogP contribution in [0.5, 0.6) is 0 Å². The normalized spacial score (nSPS) is 15.4. The van der Waals surface area contributed by atoms with E-state index in [9.17, 15) is 31.2 Å². The van der Waals surface area contributed by atoms with Crippen LogP contribution >= 0.6 is 23.2 Å². The number of amides is 2. The lowest BCUT2D eigenvalue weighted by Crippen LogP contribution is -2.54. The van der Waals surface area contributed by atoms with Crippen LogP contribution in [0.2, 0.25) is 10.0 Å². The monoisotopic (exact) mass is 621 g/mol. The molecule has 0 aliphatic heterocycles. The number of carbonyl (C=O) groups excluding carboxylic acids is 2. The van der Waals surface area contributed by atoms with E-state index in [1.54, 1.807) is 31.2 Å². The molecule has 0 saturated heterocycles. The Morgan fingerprint density at radius 3 is 2.23 bits per heavy atom. The number of sulfonamides is 1. The van der Waals surface area contributed by atoms with Crippen LogP contribution < -0.4 is 9.62 Å². The molecule has 3 rings (SSSR count). The smallest absolute Gasteiger partial charge is 0.352 e. The van der Waals surface area contributed by atoms with Gasteiger partial charge >= 0.3 is 6.18 Å². The van der Waals surface area contributed by atoms with E-state index in [1.165, 1.54) is 4.90 Å². The van der Waals surface area contributed by atoms with Crippen LogP contribution in [0, 0.1) is 0 Å². The van der Waals surface area contributed by atoms with Gasteiger partial charge in [0.2, 0.25) is 21.8 Å². The zero-order valence-corrected chi connectivity index (χ0v) is 24.5. The summed E-state index contributed by atoms with van der Waals surface area (Å²) < 4.78 is 66.3. The number of hydrogen-bond acceptors (Lipinski definition) is 4. The zero-order valence-electron chi connectivity index (χ0n) is 22.2. The SMILES string of the molecule is CC[C@@H](C(=O)NC1CCCCC1)N(Cc1ccc(Cl)cc1)C(=O)CN(c1cc(C(F)(F)F)ccc1Cl)S(C)(=O)=O. The molecule has 1 fully saturated rings. The maximum Gasteiger partial charge on any atom is 0.416 e. The van der Waals surface area contributed by atoms with Gasteiger partial charge in [-0.1, -0.05) is 61.5 Å². The molecule has 1 N–H and O–H groups in total. The highest BCUT2D eigenvalue weighted by Gasteiger charge is 2.35. The molecule has 0 unspecified atom stereocenters. The Bertz CT molecular complexity index is 1300. The first kappa shape index (κ1) is 32.0. The highest BCUT2D eigenvalue weighted by atomic mass is 35.5. The van der Waals surface area contributed by atoms with Crippen LogP contribution in [0.4, 0.5) is 18.9 Å². The minimum atomic E-state index is -4.77. The van der Waals surface area contributed by atoms with E-state index in [2.05, 4.69) is 5.32 Å². The van der Waals surface area contributed by atoms with E-state index >= 15 is 0 Å². The molecule has 1 aliphatic rings. The Kier molecular flexibility index (Phi) is 10.8. The van der Waals surface area contributed by atoms with E-state index in [1.807, 2.05) is 0 Å². The summed E-state index contributed by atoms with van der Waals surface area (Å²) in [5, 5.41) is 3.20. The van der Waals surface area contributed by atoms with Gasteiger partial charge in [0.05, 0.1) is 22.5 Å². The summed E-state index contributed by atoms with van der Waals surface area (Å²) in [4.78, 5) is 28.4. The number of anilines is 1. The predicted molar refractivity (Wildman–Crippen MR) is 150 cm³/mol. The first-order valence-corrected chi connectivity index (χ1v) is 15.5. The van der Waals surface area contributed by atoms with Crippen LogP contribution in [0.15, 0.2) is 42.5 Å². The Labute approximate surface area is 242 Å². The summed E-state index contributed by atoms with van der Waals surface area (Å²) in [7, 11) is -4.27. The number of carbonyl (C=O) groups is 2. The molecule has 0 spiro atoms. The van der Waals surface area contributed by atoms with E-state index in [0.29, 0.717) is 21.0 Å². The van der Waals surface area contributed by atoms with Gasteiger partial charge in [0.15, 0.2) is 0 Å². The molecular weight excluding hydrogens is 590 g/mol. The standard InChI is InChI=1S/C27H32Cl2F3N3O4S/c1-3-23(26(37)33-21-7-5-4-6-8-21)34(16-18-9-12-20(28)13-10-18)25(36)17-35(40(2,38)39)24-15-19(27(30,31)32)11-14-22(24)29/h9-15,21,23H,3-8,16-17H2,1-2H3,(H,33,37)/t23-/m0/s1. The van der Waals surface area contributed by atoms with Crippen molar-refractivity contribution in [3.63, 3.8) is 0 Å². The molecule has 1 saturated carbocycles. The maximum absolute atomic E-state index is 13.8. The van der Waals surface area contributed by atoms with Crippen LogP contribution in [0.1, 0.15) is 56.6 Å². The van der Waals surface area contributed by atoms with Crippen LogP contribution in [0.25, 0.3) is 0 Å². The van der Waals surface area contributed by atoms with Gasteiger partial charge in [-0.2, -0.15) is 13.2 Å². The molecule has 13 heteroatoms. The van der Waals surface area contributed by atoms with Crippen molar-refractivity contribution in [2.75, 3.05) is 17.1 Å². The molecule has 0 radical (unpaired) electrons. The number of nitrogens with zero attached hydrogens (tertiary/aromatic N) is 2. The van der Waals surface area contributed by atoms with Crippen molar-refractivity contribution >= 4 is 50.7 Å². The number of halogens is 5. The van der Waals surface area contributed by atoms with Crippen molar-refractivity contribution in [3.05, 3.63) is 63.6 Å². The van der Waals surface area contributed by atoms with Crippen LogP contribution in [-0.2, 0) is 32.3 Å². The summed E-state index contributed by atoms with van der Waals surface area (Å²) in [5.74, 6) is -1.15. The summed E-state index contributed by atoms with van der Waals surface area (Å²) in [6.45, 7) is 0.812. The highest BCUT2D eigenvalue weighted by Crippen LogP contribution is 2.36. The molecule has 1 aliphatic carbocycles. The fourth-order valence-corrected chi connectivity index (χ4v) is 5.97. The molecule has 0 aromatic heterocycles. The van der Waals surface area contributed by atoms with Gasteiger partial charge in [-0.3, -0.25) is 13.9 Å². The van der Waals surface area contributed by atoms with Crippen LogP contribution in [0.3, 0.4) is 0 Å². The molecule has 1 atom stereocenters. The average Bonchev–Trinajstić information content (AvgIpc) is 2.88. The zero-order chi connectivity index (χ0) is 29.7. The molecule has 2 amide bonds. The second kappa shape index (κ2) is 13.4. The topological polar surface area (TPSA) is 86.8 Å². The van der Waals surface area contributed by atoms with Crippen molar-refractivity contribution in [3.8, 4) is 0 Å². The summed E-state index contributed by atoms with van der Waals surface area (Å²) in [6.07, 6.45) is 0.926. The minimum Gasteiger partial charge on any atom is -0.352 e. The molecule has 40 heavy (non-hydrogen) atoms. The van der Waals surface area contributed by atoms with E-state index < -0.39 is 45.9 Å². The molecule has 220 valence electrons. The molecule has 2 aromatic rings. The van der Waals surface area contributed by atoms with Gasteiger partial charge in [0, 0.05) is 17.6 Å². The van der Waals surface area contributed by atoms with Gasteiger partial charge in [-0.15, -0.1) is 0 Å². The molecule has 2 aromatic carbocycles. The molecule has 7 nitrogen and oxygen atoms in total. The first-order chi connectivity index (χ1) is 18.7. The summed E-state index contributed by atoms with van der Waals surface area (Å²) in [5.41, 5.74) is -0.979. The maximum atomic E-state index is 13.8. The molecule has 0 bridgehead atoms. The van der Waals surface area contributed by atoms with E-state index in [-0.39, 0.29) is 29.9 Å². The summed E-state index contributed by atoms with van der Waals surface area (Å²) in [6, 6.07) is 7.85. The number of benzene rings is 2. The third-order valence-corrected chi connectivity index (χ3v) is 8.52. The van der Waals surface area contributed by atoms with Gasteiger partial charge in [0.25, 0.3) is 0 Å². The Morgan fingerprint density at radius 2 is 1.68 bits per heavy atom. The number of rotatable bonds is 10. The summed E-state index contributed by atoms with van der Waals surface area (Å²) >= 11 is 12.1. The molecular formula is C27H32Cl2F3N3O4S. The fourth-order valence-electron chi connectivity index (χ4n) is 4.73. The van der Waals surface area contributed by atoms with Gasteiger partial charge in [-0.25, -0.2) is 8.42 Å². The van der Waals surface area contributed by atoms with Crippen molar-refractivity contribution in [2.45, 2.75) is 70.3 Å². The fraction of sp³-hybridized carbons (Fsp3) is 0.481. The number of nitrogens with one attached hydrogen (secondary N) is 1. The lowest BCUT2D eigenvalue weighted by molar-refractivity contribution is -0.140. The Hall–Kier alpha value is -2.50. The second-order valence-electron chi connectivity index (χ2n) is 9.85. The lowest BCUT2D eigenvalue weighted by atomic mass is 9.95. The van der Waals surface area contributed by atoms with Crippen LogP contribution in [-0.4, -0.2) is 50.0 Å². The van der Waals surface area contributed by atoms with Crippen molar-refractivity contribution < 1.29 is 31.2 Å². The third-order valence-electron chi connectivity index (χ3n) is 6.82. The van der Waals surface area contributed by atoms with Gasteiger partial charge < -0.3 is 10.2 Å². The lowest BCUT2D eigenvalue weighted by Gasteiger charge is -2.34. The quantitative estimate of drug-likeness (QED) is 0.351. The Morgan fingerprint density at radius 1 is 1.05 bits per heavy atom. The number of alkyl halides is 3. The highest BCUT2D eigenvalue weighted by molar-refractivity contribution is 7.92. The second-order valence-corrected chi connectivity index (χ2v) is 12.6. The Balaban J connectivity index is 1.98. The van der Waals surface area contributed by atoms with Crippen molar-refractivity contribution in [1.82, 2.24) is 10.2 Å². The minimum absolute atomic E-state index is 0.0285. The number of hydrogen-bond donors (Lipinski definition) is 1. The predicted octanol–water partition coefficient (Wildman–Crippen LogP) is 6.03. The largest absolute Gasteiger partial charge is 0.416 e. The van der Waals surface area contributed by atoms with Crippen molar-refractivity contribution in [2.24, 2.45) is 0 Å². The van der Waals surface area contributed by atoms with E-state index in [0.717, 1.165) is 50.5 Å². The van der Waals surface area contributed by atoms with E-state index in [4.69, 9.17) is 23.2 Å². The average molecular weight is 623 g/mol.